The number of amides is 1. The summed E-state index contributed by atoms with van der Waals surface area (Å²) in [7, 11) is 1.62. The summed E-state index contributed by atoms with van der Waals surface area (Å²) in [5, 5.41) is -0.535. The molecule has 0 aliphatic carbocycles. The molecule has 1 saturated heterocycles. The van der Waals surface area contributed by atoms with Crippen LogP contribution in [0.25, 0.3) is 0 Å². The Balaban J connectivity index is 1.58. The molecule has 29 heavy (non-hydrogen) atoms. The van der Waals surface area contributed by atoms with Crippen LogP contribution in [0.15, 0.2) is 84.9 Å². The first kappa shape index (κ1) is 19.6. The van der Waals surface area contributed by atoms with E-state index in [1.54, 1.807) is 12.0 Å². The third-order valence-electron chi connectivity index (χ3n) is 5.26. The first-order chi connectivity index (χ1) is 14.2. The standard InChI is InChI=1S/C24H23NO3S/c1-28-21-14-12-19(13-15-21)22-23(24(26)25(22)20-10-6-3-7-11-20)29(27)17-16-18-8-4-2-5-9-18/h2-15,22-23H,16-17H2,1H3/t22-,23+,29?/m0/s1. The predicted molar refractivity (Wildman–Crippen MR) is 117 cm³/mol. The summed E-state index contributed by atoms with van der Waals surface area (Å²) in [6, 6.07) is 27.0. The molecule has 3 aromatic rings. The number of para-hydroxylation sites is 1. The average Bonchev–Trinajstić information content (AvgIpc) is 2.77. The van der Waals surface area contributed by atoms with Crippen LogP contribution in [0.1, 0.15) is 17.2 Å². The van der Waals surface area contributed by atoms with E-state index in [1.807, 2.05) is 84.9 Å². The maximum absolute atomic E-state index is 13.1. The molecule has 3 aromatic carbocycles. The van der Waals surface area contributed by atoms with Gasteiger partial charge in [-0.1, -0.05) is 60.7 Å². The number of carbonyl (C=O) groups excluding carboxylic acids is 1. The number of rotatable bonds is 7. The van der Waals surface area contributed by atoms with Crippen LogP contribution < -0.4 is 9.64 Å². The molecule has 0 aromatic heterocycles. The van der Waals surface area contributed by atoms with E-state index in [0.717, 1.165) is 22.6 Å². The van der Waals surface area contributed by atoms with Gasteiger partial charge in [0.15, 0.2) is 0 Å². The largest absolute Gasteiger partial charge is 0.616 e. The summed E-state index contributed by atoms with van der Waals surface area (Å²) in [5.41, 5.74) is 2.93. The van der Waals surface area contributed by atoms with Crippen molar-refractivity contribution < 1.29 is 14.1 Å². The number of methoxy groups -OCH3 is 1. The lowest BCUT2D eigenvalue weighted by atomic mass is 9.92. The Morgan fingerprint density at radius 1 is 0.931 bits per heavy atom. The Labute approximate surface area is 174 Å². The van der Waals surface area contributed by atoms with Gasteiger partial charge in [-0.15, -0.1) is 0 Å². The third kappa shape index (κ3) is 4.02. The number of ether oxygens (including phenoxy) is 1. The van der Waals surface area contributed by atoms with Crippen LogP contribution in [-0.4, -0.2) is 28.6 Å². The minimum atomic E-state index is -1.26. The number of hydrogen-bond acceptors (Lipinski definition) is 3. The maximum Gasteiger partial charge on any atom is 0.283 e. The van der Waals surface area contributed by atoms with Crippen LogP contribution in [0, 0.1) is 0 Å². The molecule has 0 radical (unpaired) electrons. The molecule has 1 fully saturated rings. The van der Waals surface area contributed by atoms with Crippen molar-refractivity contribution in [3.05, 3.63) is 96.1 Å². The zero-order chi connectivity index (χ0) is 20.2. The van der Waals surface area contributed by atoms with Gasteiger partial charge >= 0.3 is 0 Å². The van der Waals surface area contributed by atoms with Crippen molar-refractivity contribution in [2.75, 3.05) is 17.8 Å². The molecule has 1 amide bonds. The minimum absolute atomic E-state index is 0.0802. The van der Waals surface area contributed by atoms with Crippen LogP contribution in [0.4, 0.5) is 5.69 Å². The molecule has 4 rings (SSSR count). The Morgan fingerprint density at radius 3 is 2.17 bits per heavy atom. The Bertz CT molecular complexity index is 947. The molecule has 1 aliphatic heterocycles. The summed E-state index contributed by atoms with van der Waals surface area (Å²) >= 11 is -1.26. The van der Waals surface area contributed by atoms with Crippen molar-refractivity contribution in [2.24, 2.45) is 0 Å². The summed E-state index contributed by atoms with van der Waals surface area (Å²) < 4.78 is 18.4. The van der Waals surface area contributed by atoms with Crippen LogP contribution in [0.3, 0.4) is 0 Å². The van der Waals surface area contributed by atoms with Gasteiger partial charge in [-0.3, -0.25) is 9.69 Å². The molecular weight excluding hydrogens is 382 g/mol. The molecule has 0 saturated carbocycles. The zero-order valence-corrected chi connectivity index (χ0v) is 17.0. The van der Waals surface area contributed by atoms with Gasteiger partial charge < -0.3 is 9.29 Å². The molecule has 1 unspecified atom stereocenters. The van der Waals surface area contributed by atoms with E-state index in [0.29, 0.717) is 12.2 Å². The molecule has 0 spiro atoms. The fourth-order valence-corrected chi connectivity index (χ4v) is 5.31. The number of anilines is 1. The summed E-state index contributed by atoms with van der Waals surface area (Å²) in [6.45, 7) is 0. The van der Waals surface area contributed by atoms with Gasteiger partial charge in [-0.25, -0.2) is 0 Å². The number of hydrogen-bond donors (Lipinski definition) is 0. The highest BCUT2D eigenvalue weighted by atomic mass is 32.2. The van der Waals surface area contributed by atoms with Crippen LogP contribution in [0.2, 0.25) is 0 Å². The second kappa shape index (κ2) is 8.72. The zero-order valence-electron chi connectivity index (χ0n) is 16.2. The molecule has 3 atom stereocenters. The fourth-order valence-electron chi connectivity index (χ4n) is 3.71. The molecular formula is C24H23NO3S. The van der Waals surface area contributed by atoms with E-state index in [4.69, 9.17) is 4.74 Å². The summed E-state index contributed by atoms with van der Waals surface area (Å²) in [6.07, 6.45) is 0.692. The molecule has 4 nitrogen and oxygen atoms in total. The fraction of sp³-hybridized carbons (Fsp3) is 0.208. The van der Waals surface area contributed by atoms with E-state index >= 15 is 0 Å². The Kier molecular flexibility index (Phi) is 5.88. The van der Waals surface area contributed by atoms with Crippen molar-refractivity contribution in [1.82, 2.24) is 0 Å². The SMILES string of the molecule is COc1ccc([C@H]2[C@@H]([S+]([O-])CCc3ccccc3)C(=O)N2c2ccccc2)cc1. The van der Waals surface area contributed by atoms with E-state index < -0.39 is 16.4 Å². The lowest BCUT2D eigenvalue weighted by Crippen LogP contribution is -2.62. The topological polar surface area (TPSA) is 52.6 Å². The smallest absolute Gasteiger partial charge is 0.283 e. The van der Waals surface area contributed by atoms with Crippen LogP contribution >= 0.6 is 0 Å². The number of nitrogens with zero attached hydrogens (tertiary/aromatic N) is 1. The average molecular weight is 406 g/mol. The first-order valence-corrected chi connectivity index (χ1v) is 11.0. The van der Waals surface area contributed by atoms with Gasteiger partial charge in [-0.05, 0) is 46.6 Å². The van der Waals surface area contributed by atoms with Crippen molar-refractivity contribution in [1.29, 1.82) is 0 Å². The van der Waals surface area contributed by atoms with E-state index in [1.165, 1.54) is 0 Å². The predicted octanol–water partition coefficient (Wildman–Crippen LogP) is 4.14. The molecule has 1 aliphatic rings. The number of β-lactam (4-membered cyclic amide) rings is 1. The number of carbonyl (C=O) groups is 1. The highest BCUT2D eigenvalue weighted by molar-refractivity contribution is 7.93. The molecule has 0 N–H and O–H groups in total. The normalized spacial score (nSPS) is 19.5. The summed E-state index contributed by atoms with van der Waals surface area (Å²) in [5.74, 6) is 1.14. The maximum atomic E-state index is 13.1. The van der Waals surface area contributed by atoms with E-state index in [2.05, 4.69) is 0 Å². The van der Waals surface area contributed by atoms with Gasteiger partial charge in [0, 0.05) is 12.1 Å². The van der Waals surface area contributed by atoms with Crippen molar-refractivity contribution in [3.8, 4) is 5.75 Å². The van der Waals surface area contributed by atoms with E-state index in [9.17, 15) is 9.35 Å². The summed E-state index contributed by atoms with van der Waals surface area (Å²) in [4.78, 5) is 14.8. The Hall–Kier alpha value is -2.76. The van der Waals surface area contributed by atoms with Gasteiger partial charge in [0.1, 0.15) is 17.5 Å². The molecule has 1 heterocycles. The van der Waals surface area contributed by atoms with Gasteiger partial charge in [0.2, 0.25) is 5.25 Å². The van der Waals surface area contributed by atoms with Crippen molar-refractivity contribution >= 4 is 22.8 Å². The number of aryl methyl sites for hydroxylation is 1. The second-order valence-corrected chi connectivity index (χ2v) is 8.68. The van der Waals surface area contributed by atoms with Crippen molar-refractivity contribution in [2.45, 2.75) is 17.7 Å². The molecule has 148 valence electrons. The third-order valence-corrected chi connectivity index (χ3v) is 6.89. The highest BCUT2D eigenvalue weighted by Crippen LogP contribution is 2.43. The van der Waals surface area contributed by atoms with Crippen LogP contribution in [-0.2, 0) is 22.4 Å². The minimum Gasteiger partial charge on any atom is -0.616 e. The Morgan fingerprint density at radius 2 is 1.55 bits per heavy atom. The molecule has 0 bridgehead atoms. The quantitative estimate of drug-likeness (QED) is 0.438. The lowest BCUT2D eigenvalue weighted by molar-refractivity contribution is -0.123. The lowest BCUT2D eigenvalue weighted by Gasteiger charge is -2.46. The second-order valence-electron chi connectivity index (χ2n) is 7.00. The van der Waals surface area contributed by atoms with Gasteiger partial charge in [0.25, 0.3) is 5.91 Å². The van der Waals surface area contributed by atoms with Crippen molar-refractivity contribution in [3.63, 3.8) is 0 Å². The monoisotopic (exact) mass is 405 g/mol. The molecule has 5 heteroatoms. The van der Waals surface area contributed by atoms with E-state index in [-0.39, 0.29) is 11.9 Å². The number of benzene rings is 3. The van der Waals surface area contributed by atoms with Gasteiger partial charge in [0.05, 0.1) is 7.11 Å². The highest BCUT2D eigenvalue weighted by Gasteiger charge is 2.55. The van der Waals surface area contributed by atoms with Crippen LogP contribution in [0.5, 0.6) is 5.75 Å². The first-order valence-electron chi connectivity index (χ1n) is 9.62. The van der Waals surface area contributed by atoms with Gasteiger partial charge in [-0.2, -0.15) is 0 Å².